The average Bonchev–Trinajstić information content (AvgIpc) is 2.29. The van der Waals surface area contributed by atoms with Crippen molar-refractivity contribution in [2.45, 2.75) is 19.8 Å². The Morgan fingerprint density at radius 3 is 2.56 bits per heavy atom. The van der Waals surface area contributed by atoms with E-state index in [-0.39, 0.29) is 11.9 Å². The Kier molecular flexibility index (Phi) is 4.60. The van der Waals surface area contributed by atoms with Crippen molar-refractivity contribution >= 4 is 5.97 Å². The molecule has 0 amide bonds. The number of rotatable bonds is 4. The summed E-state index contributed by atoms with van der Waals surface area (Å²) in [6.45, 7) is 2.03. The van der Waals surface area contributed by atoms with Crippen LogP contribution in [0.1, 0.15) is 24.5 Å². The van der Waals surface area contributed by atoms with E-state index in [1.165, 1.54) is 12.7 Å². The number of carbonyl (C=O) groups is 1. The number of terminal acetylenes is 1. The van der Waals surface area contributed by atoms with Crippen molar-refractivity contribution in [3.8, 4) is 12.3 Å². The second-order valence-electron chi connectivity index (χ2n) is 3.93. The summed E-state index contributed by atoms with van der Waals surface area (Å²) in [6.07, 6.45) is 6.59. The Morgan fingerprint density at radius 2 is 2.06 bits per heavy atom. The molecule has 0 spiro atoms. The molecule has 0 saturated carbocycles. The molecule has 84 valence electrons. The van der Waals surface area contributed by atoms with Gasteiger partial charge in [-0.05, 0) is 30.0 Å². The van der Waals surface area contributed by atoms with Crippen LogP contribution < -0.4 is 0 Å². The molecule has 0 aliphatic carbocycles. The molecule has 0 radical (unpaired) electrons. The number of esters is 1. The van der Waals surface area contributed by atoms with Crippen LogP contribution in [-0.4, -0.2) is 13.1 Å². The minimum absolute atomic E-state index is 0.159. The molecule has 2 nitrogen and oxygen atoms in total. The fourth-order valence-electron chi connectivity index (χ4n) is 1.58. The molecule has 0 aliphatic rings. The van der Waals surface area contributed by atoms with E-state index in [2.05, 4.69) is 10.7 Å². The number of methoxy groups -OCH3 is 1. The molecule has 1 rings (SSSR count). The Balaban J connectivity index is 2.53. The van der Waals surface area contributed by atoms with E-state index in [1.807, 2.05) is 31.2 Å². The topological polar surface area (TPSA) is 26.3 Å². The monoisotopic (exact) mass is 216 g/mol. The predicted molar refractivity (Wildman–Crippen MR) is 63.9 cm³/mol. The number of ether oxygens (including phenoxy) is 1. The van der Waals surface area contributed by atoms with Gasteiger partial charge in [0.05, 0.1) is 7.11 Å². The molecular weight excluding hydrogens is 200 g/mol. The first-order valence-electron chi connectivity index (χ1n) is 5.28. The van der Waals surface area contributed by atoms with Crippen molar-refractivity contribution < 1.29 is 9.53 Å². The molecule has 0 N–H and O–H groups in total. The minimum atomic E-state index is -0.159. The lowest BCUT2D eigenvalue weighted by atomic mass is 9.97. The zero-order chi connectivity index (χ0) is 12.0. The van der Waals surface area contributed by atoms with Gasteiger partial charge in [-0.1, -0.05) is 25.0 Å². The van der Waals surface area contributed by atoms with Crippen LogP contribution in [0.4, 0.5) is 0 Å². The smallest absolute Gasteiger partial charge is 0.305 e. The summed E-state index contributed by atoms with van der Waals surface area (Å²) in [5.74, 6) is 2.70. The van der Waals surface area contributed by atoms with Gasteiger partial charge < -0.3 is 4.74 Å². The number of hydrogen-bond acceptors (Lipinski definition) is 2. The van der Waals surface area contributed by atoms with Crippen LogP contribution in [0.2, 0.25) is 0 Å². The predicted octanol–water partition coefficient (Wildman–Crippen LogP) is 2.41. The van der Waals surface area contributed by atoms with Crippen molar-refractivity contribution in [1.82, 2.24) is 0 Å². The number of hydrogen-bond donors (Lipinski definition) is 0. The summed E-state index contributed by atoms with van der Waals surface area (Å²) in [5.41, 5.74) is 2.07. The summed E-state index contributed by atoms with van der Waals surface area (Å²) < 4.78 is 4.63. The first-order chi connectivity index (χ1) is 7.65. The van der Waals surface area contributed by atoms with Crippen LogP contribution in [0.15, 0.2) is 24.3 Å². The van der Waals surface area contributed by atoms with Crippen LogP contribution in [-0.2, 0) is 16.0 Å². The van der Waals surface area contributed by atoms with E-state index < -0.39 is 0 Å². The maximum Gasteiger partial charge on any atom is 0.305 e. The summed E-state index contributed by atoms with van der Waals surface area (Å²) in [4.78, 5) is 11.1. The molecule has 0 aromatic heterocycles. The zero-order valence-corrected chi connectivity index (χ0v) is 9.69. The second kappa shape index (κ2) is 5.97. The lowest BCUT2D eigenvalue weighted by Gasteiger charge is -2.09. The highest BCUT2D eigenvalue weighted by atomic mass is 16.5. The Bertz CT molecular complexity index is 384. The van der Waals surface area contributed by atoms with Crippen LogP contribution >= 0.6 is 0 Å². The SMILES string of the molecule is C#Cc1ccc(CC(C)CC(=O)OC)cc1. The highest BCUT2D eigenvalue weighted by Crippen LogP contribution is 2.13. The number of benzene rings is 1. The Labute approximate surface area is 96.6 Å². The first kappa shape index (κ1) is 12.3. The molecule has 16 heavy (non-hydrogen) atoms. The fraction of sp³-hybridized carbons (Fsp3) is 0.357. The van der Waals surface area contributed by atoms with Gasteiger partial charge in [-0.3, -0.25) is 4.79 Å². The van der Waals surface area contributed by atoms with Gasteiger partial charge in [-0.15, -0.1) is 6.42 Å². The van der Waals surface area contributed by atoms with E-state index in [9.17, 15) is 4.79 Å². The molecule has 2 heteroatoms. The van der Waals surface area contributed by atoms with Crippen molar-refractivity contribution in [2.24, 2.45) is 5.92 Å². The molecule has 1 unspecified atom stereocenters. The van der Waals surface area contributed by atoms with Crippen LogP contribution in [0.5, 0.6) is 0 Å². The average molecular weight is 216 g/mol. The Hall–Kier alpha value is -1.75. The van der Waals surface area contributed by atoms with Crippen molar-refractivity contribution in [1.29, 1.82) is 0 Å². The lowest BCUT2D eigenvalue weighted by Crippen LogP contribution is -2.09. The summed E-state index contributed by atoms with van der Waals surface area (Å²) in [5, 5.41) is 0. The highest BCUT2D eigenvalue weighted by Gasteiger charge is 2.09. The van der Waals surface area contributed by atoms with Crippen LogP contribution in [0, 0.1) is 18.3 Å². The second-order valence-corrected chi connectivity index (χ2v) is 3.93. The molecule has 0 fully saturated rings. The lowest BCUT2D eigenvalue weighted by molar-refractivity contribution is -0.141. The maximum atomic E-state index is 11.1. The largest absolute Gasteiger partial charge is 0.469 e. The normalized spacial score (nSPS) is 11.6. The molecular formula is C14H16O2. The third-order valence-corrected chi connectivity index (χ3v) is 2.45. The summed E-state index contributed by atoms with van der Waals surface area (Å²) in [6, 6.07) is 7.84. The fourth-order valence-corrected chi connectivity index (χ4v) is 1.58. The number of carbonyl (C=O) groups excluding carboxylic acids is 1. The van der Waals surface area contributed by atoms with Gasteiger partial charge in [-0.2, -0.15) is 0 Å². The minimum Gasteiger partial charge on any atom is -0.469 e. The van der Waals surface area contributed by atoms with Gasteiger partial charge in [-0.25, -0.2) is 0 Å². The van der Waals surface area contributed by atoms with Gasteiger partial charge in [0.25, 0.3) is 0 Å². The standard InChI is InChI=1S/C14H16O2/c1-4-12-5-7-13(8-6-12)9-11(2)10-14(15)16-3/h1,5-8,11H,9-10H2,2-3H3. The van der Waals surface area contributed by atoms with Gasteiger partial charge in [0.1, 0.15) is 0 Å². The van der Waals surface area contributed by atoms with Crippen LogP contribution in [0.3, 0.4) is 0 Å². The quantitative estimate of drug-likeness (QED) is 0.570. The highest BCUT2D eigenvalue weighted by molar-refractivity contribution is 5.69. The summed E-state index contributed by atoms with van der Waals surface area (Å²) >= 11 is 0. The van der Waals surface area contributed by atoms with Crippen molar-refractivity contribution in [3.63, 3.8) is 0 Å². The van der Waals surface area contributed by atoms with Gasteiger partial charge in [0.15, 0.2) is 0 Å². The summed E-state index contributed by atoms with van der Waals surface area (Å²) in [7, 11) is 1.41. The third-order valence-electron chi connectivity index (χ3n) is 2.45. The van der Waals surface area contributed by atoms with Gasteiger partial charge in [0, 0.05) is 12.0 Å². The molecule has 0 aliphatic heterocycles. The molecule has 0 saturated heterocycles. The Morgan fingerprint density at radius 1 is 1.44 bits per heavy atom. The molecule has 1 atom stereocenters. The molecule has 0 heterocycles. The van der Waals surface area contributed by atoms with E-state index >= 15 is 0 Å². The molecule has 1 aromatic rings. The van der Waals surface area contributed by atoms with E-state index in [4.69, 9.17) is 6.42 Å². The first-order valence-corrected chi connectivity index (χ1v) is 5.28. The van der Waals surface area contributed by atoms with Gasteiger partial charge in [0.2, 0.25) is 0 Å². The molecule has 1 aromatic carbocycles. The third kappa shape index (κ3) is 3.78. The van der Waals surface area contributed by atoms with Crippen molar-refractivity contribution in [2.75, 3.05) is 7.11 Å². The van der Waals surface area contributed by atoms with E-state index in [0.29, 0.717) is 6.42 Å². The zero-order valence-electron chi connectivity index (χ0n) is 9.69. The van der Waals surface area contributed by atoms with E-state index in [1.54, 1.807) is 0 Å². The van der Waals surface area contributed by atoms with Crippen LogP contribution in [0.25, 0.3) is 0 Å². The van der Waals surface area contributed by atoms with E-state index in [0.717, 1.165) is 12.0 Å². The van der Waals surface area contributed by atoms with Crippen molar-refractivity contribution in [3.05, 3.63) is 35.4 Å². The molecule has 0 bridgehead atoms. The maximum absolute atomic E-state index is 11.1. The van der Waals surface area contributed by atoms with Gasteiger partial charge >= 0.3 is 5.97 Å².